The van der Waals surface area contributed by atoms with Gasteiger partial charge < -0.3 is 15.5 Å². The van der Waals surface area contributed by atoms with Crippen LogP contribution in [0.5, 0.6) is 0 Å². The first kappa shape index (κ1) is 19.0. The summed E-state index contributed by atoms with van der Waals surface area (Å²) in [5, 5.41) is 5.85. The molecule has 0 saturated carbocycles. The van der Waals surface area contributed by atoms with E-state index >= 15 is 0 Å². The van der Waals surface area contributed by atoms with E-state index in [0.717, 1.165) is 31.2 Å². The number of carbonyl (C=O) groups excluding carboxylic acids is 2. The number of likely N-dealkylation sites (tertiary alicyclic amines) is 1. The van der Waals surface area contributed by atoms with Gasteiger partial charge in [0, 0.05) is 19.6 Å². The molecule has 136 valence electrons. The van der Waals surface area contributed by atoms with Gasteiger partial charge in [0.25, 0.3) is 0 Å². The summed E-state index contributed by atoms with van der Waals surface area (Å²) in [6.45, 7) is 7.29. The average molecular weight is 343 g/mol. The molecule has 0 spiro atoms. The van der Waals surface area contributed by atoms with Crippen molar-refractivity contribution in [2.24, 2.45) is 5.92 Å². The van der Waals surface area contributed by atoms with Crippen LogP contribution in [0, 0.1) is 5.92 Å². The van der Waals surface area contributed by atoms with Crippen molar-refractivity contribution in [3.8, 4) is 0 Å². The summed E-state index contributed by atoms with van der Waals surface area (Å²) in [7, 11) is 0. The number of unbranched alkanes of at least 4 members (excludes halogenated alkanes) is 1. The smallest absolute Gasteiger partial charge is 0.317 e. The number of hydrogen-bond acceptors (Lipinski definition) is 2. The van der Waals surface area contributed by atoms with Crippen LogP contribution in [0.2, 0.25) is 0 Å². The zero-order chi connectivity index (χ0) is 18.1. The van der Waals surface area contributed by atoms with Gasteiger partial charge in [0.05, 0.1) is 12.0 Å². The number of urea groups is 1. The van der Waals surface area contributed by atoms with Crippen LogP contribution < -0.4 is 10.6 Å². The Bertz CT molecular complexity index is 574. The van der Waals surface area contributed by atoms with E-state index in [1.165, 1.54) is 0 Å². The van der Waals surface area contributed by atoms with E-state index < -0.39 is 0 Å². The van der Waals surface area contributed by atoms with Gasteiger partial charge in [-0.2, -0.15) is 0 Å². The number of rotatable bonds is 7. The minimum Gasteiger partial charge on any atom is -0.352 e. The van der Waals surface area contributed by atoms with Crippen LogP contribution in [-0.4, -0.2) is 36.5 Å². The fraction of sp³-hybridized carbons (Fsp3) is 0.500. The number of hydrogen-bond donors (Lipinski definition) is 2. The predicted octanol–water partition coefficient (Wildman–Crippen LogP) is 3.25. The topological polar surface area (TPSA) is 61.4 Å². The van der Waals surface area contributed by atoms with Gasteiger partial charge in [-0.15, -0.1) is 6.58 Å². The second-order valence-electron chi connectivity index (χ2n) is 6.47. The molecule has 1 saturated heterocycles. The van der Waals surface area contributed by atoms with Crippen molar-refractivity contribution in [1.29, 1.82) is 0 Å². The molecule has 3 amide bonds. The Kier molecular flexibility index (Phi) is 7.51. The van der Waals surface area contributed by atoms with Crippen LogP contribution in [0.1, 0.15) is 44.2 Å². The molecule has 1 fully saturated rings. The Morgan fingerprint density at radius 1 is 1.24 bits per heavy atom. The van der Waals surface area contributed by atoms with E-state index in [0.29, 0.717) is 19.6 Å². The molecule has 1 heterocycles. The van der Waals surface area contributed by atoms with Crippen LogP contribution in [0.3, 0.4) is 0 Å². The number of nitrogens with one attached hydrogen (secondary N) is 2. The molecule has 0 aliphatic carbocycles. The maximum absolute atomic E-state index is 12.7. The van der Waals surface area contributed by atoms with Gasteiger partial charge >= 0.3 is 6.03 Å². The maximum atomic E-state index is 12.7. The highest BCUT2D eigenvalue weighted by atomic mass is 16.2. The average Bonchev–Trinajstić information content (AvgIpc) is 2.66. The number of nitrogens with zero attached hydrogens (tertiary/aromatic N) is 1. The van der Waals surface area contributed by atoms with Crippen molar-refractivity contribution < 1.29 is 9.59 Å². The number of benzene rings is 1. The molecule has 5 nitrogen and oxygen atoms in total. The minimum atomic E-state index is -0.170. The second-order valence-corrected chi connectivity index (χ2v) is 6.47. The third kappa shape index (κ3) is 5.34. The van der Waals surface area contributed by atoms with Crippen LogP contribution in [-0.2, 0) is 4.79 Å². The molecular formula is C20H29N3O2. The maximum Gasteiger partial charge on any atom is 0.317 e. The van der Waals surface area contributed by atoms with Crippen molar-refractivity contribution in [3.05, 3.63) is 48.6 Å². The summed E-state index contributed by atoms with van der Waals surface area (Å²) in [6, 6.07) is 10.00. The number of piperidine rings is 1. The fourth-order valence-electron chi connectivity index (χ4n) is 3.22. The summed E-state index contributed by atoms with van der Waals surface area (Å²) in [5.74, 6) is -0.172. The molecule has 0 unspecified atom stereocenters. The summed E-state index contributed by atoms with van der Waals surface area (Å²) in [5.41, 5.74) is 1.12. The van der Waals surface area contributed by atoms with Gasteiger partial charge in [0.2, 0.25) is 5.91 Å². The first-order valence-electron chi connectivity index (χ1n) is 9.15. The minimum absolute atomic E-state index is 0.00206. The highest BCUT2D eigenvalue weighted by molar-refractivity contribution is 5.81. The second kappa shape index (κ2) is 9.87. The molecule has 2 atom stereocenters. The van der Waals surface area contributed by atoms with E-state index in [-0.39, 0.29) is 23.9 Å². The van der Waals surface area contributed by atoms with Crippen LogP contribution in [0.25, 0.3) is 0 Å². The first-order chi connectivity index (χ1) is 12.2. The van der Waals surface area contributed by atoms with E-state index in [9.17, 15) is 9.59 Å². The van der Waals surface area contributed by atoms with Gasteiger partial charge in [0.1, 0.15) is 0 Å². The van der Waals surface area contributed by atoms with Crippen LogP contribution in [0.15, 0.2) is 43.0 Å². The Balaban J connectivity index is 2.10. The lowest BCUT2D eigenvalue weighted by Crippen LogP contribution is -2.50. The molecule has 0 aromatic heterocycles. The summed E-state index contributed by atoms with van der Waals surface area (Å²) < 4.78 is 0. The third-order valence-corrected chi connectivity index (χ3v) is 4.63. The van der Waals surface area contributed by atoms with E-state index in [4.69, 9.17) is 0 Å². The SMILES string of the molecule is C=CCNC(=O)[C@H]1CC[C@@H](c2ccccc2)N(C(=O)NCCCC)C1. The Hall–Kier alpha value is -2.30. The predicted molar refractivity (Wildman–Crippen MR) is 100 cm³/mol. The quantitative estimate of drug-likeness (QED) is 0.590. The highest BCUT2D eigenvalue weighted by Crippen LogP contribution is 2.33. The lowest BCUT2D eigenvalue weighted by atomic mass is 9.88. The third-order valence-electron chi connectivity index (χ3n) is 4.63. The van der Waals surface area contributed by atoms with Crippen molar-refractivity contribution in [1.82, 2.24) is 15.5 Å². The standard InChI is InChI=1S/C20H29N3O2/c1-3-5-14-22-20(25)23-15-17(19(24)21-13-4-2)11-12-18(23)16-9-7-6-8-10-16/h4,6-10,17-18H,2-3,5,11-15H2,1H3,(H,21,24)(H,22,25)/t17-,18-/m0/s1. The first-order valence-corrected chi connectivity index (χ1v) is 9.15. The lowest BCUT2D eigenvalue weighted by molar-refractivity contribution is -0.126. The molecule has 2 N–H and O–H groups in total. The van der Waals surface area contributed by atoms with Crippen molar-refractivity contribution in [2.75, 3.05) is 19.6 Å². The van der Waals surface area contributed by atoms with Gasteiger partial charge in [-0.3, -0.25) is 4.79 Å². The molecule has 0 bridgehead atoms. The summed E-state index contributed by atoms with van der Waals surface area (Å²) >= 11 is 0. The van der Waals surface area contributed by atoms with Crippen LogP contribution >= 0.6 is 0 Å². The zero-order valence-electron chi connectivity index (χ0n) is 15.0. The van der Waals surface area contributed by atoms with Gasteiger partial charge in [-0.05, 0) is 24.8 Å². The molecule has 1 aromatic rings. The normalized spacial score (nSPS) is 20.0. The Morgan fingerprint density at radius 3 is 2.68 bits per heavy atom. The van der Waals surface area contributed by atoms with E-state index in [1.54, 1.807) is 6.08 Å². The summed E-state index contributed by atoms with van der Waals surface area (Å²) in [4.78, 5) is 26.8. The molecule has 2 rings (SSSR count). The monoisotopic (exact) mass is 343 g/mol. The van der Waals surface area contributed by atoms with E-state index in [2.05, 4.69) is 36.3 Å². The fourth-order valence-corrected chi connectivity index (χ4v) is 3.22. The Morgan fingerprint density at radius 2 is 2.00 bits per heavy atom. The largest absolute Gasteiger partial charge is 0.352 e. The van der Waals surface area contributed by atoms with E-state index in [1.807, 2.05) is 23.1 Å². The molecule has 1 aromatic carbocycles. The van der Waals surface area contributed by atoms with Gasteiger partial charge in [-0.25, -0.2) is 4.79 Å². The number of amides is 3. The molecule has 0 radical (unpaired) electrons. The Labute approximate surface area is 150 Å². The van der Waals surface area contributed by atoms with Gasteiger partial charge in [0.15, 0.2) is 0 Å². The van der Waals surface area contributed by atoms with Crippen molar-refractivity contribution in [3.63, 3.8) is 0 Å². The number of carbonyl (C=O) groups is 2. The van der Waals surface area contributed by atoms with Crippen molar-refractivity contribution in [2.45, 2.75) is 38.6 Å². The van der Waals surface area contributed by atoms with Crippen LogP contribution in [0.4, 0.5) is 4.79 Å². The molecule has 1 aliphatic rings. The summed E-state index contributed by atoms with van der Waals surface area (Å²) in [6.07, 6.45) is 5.23. The molecule has 5 heteroatoms. The molecule has 25 heavy (non-hydrogen) atoms. The lowest BCUT2D eigenvalue weighted by Gasteiger charge is -2.39. The molecular weight excluding hydrogens is 314 g/mol. The molecule has 1 aliphatic heterocycles. The van der Waals surface area contributed by atoms with Gasteiger partial charge in [-0.1, -0.05) is 49.8 Å². The van der Waals surface area contributed by atoms with Crippen molar-refractivity contribution >= 4 is 11.9 Å². The zero-order valence-corrected chi connectivity index (χ0v) is 15.0. The highest BCUT2D eigenvalue weighted by Gasteiger charge is 2.35.